The van der Waals surface area contributed by atoms with Crippen LogP contribution in [-0.4, -0.2) is 54.1 Å². The van der Waals surface area contributed by atoms with Gasteiger partial charge in [0.1, 0.15) is 5.75 Å². The minimum Gasteiger partial charge on any atom is -0.496 e. The molecule has 0 atom stereocenters. The van der Waals surface area contributed by atoms with Crippen molar-refractivity contribution in [3.63, 3.8) is 0 Å². The molecule has 1 N–H and O–H groups in total. The Labute approximate surface area is 138 Å². The van der Waals surface area contributed by atoms with E-state index in [1.807, 2.05) is 0 Å². The van der Waals surface area contributed by atoms with Crippen LogP contribution in [0.2, 0.25) is 0 Å². The highest BCUT2D eigenvalue weighted by molar-refractivity contribution is 7.89. The van der Waals surface area contributed by atoms with Gasteiger partial charge < -0.3 is 4.74 Å². The fourth-order valence-electron chi connectivity index (χ4n) is 1.94. The third kappa shape index (κ3) is 5.61. The third-order valence-electron chi connectivity index (χ3n) is 3.13. The van der Waals surface area contributed by atoms with E-state index in [2.05, 4.69) is 11.3 Å². The van der Waals surface area contributed by atoms with E-state index in [9.17, 15) is 16.8 Å². The van der Waals surface area contributed by atoms with Crippen LogP contribution in [0.25, 0.3) is 0 Å². The summed E-state index contributed by atoms with van der Waals surface area (Å²) in [6, 6.07) is 4.51. The SMILES string of the molecule is C=CCN(CCNS(=O)(=O)c1ccc(OC)c(C)c1)S(C)(=O)=O. The topological polar surface area (TPSA) is 92.8 Å². The van der Waals surface area contributed by atoms with E-state index >= 15 is 0 Å². The molecule has 0 heterocycles. The molecule has 0 saturated heterocycles. The van der Waals surface area contributed by atoms with E-state index in [1.165, 1.54) is 25.3 Å². The van der Waals surface area contributed by atoms with Crippen LogP contribution in [0.15, 0.2) is 35.7 Å². The van der Waals surface area contributed by atoms with Gasteiger partial charge in [-0.2, -0.15) is 4.31 Å². The van der Waals surface area contributed by atoms with Gasteiger partial charge >= 0.3 is 0 Å². The number of methoxy groups -OCH3 is 1. The van der Waals surface area contributed by atoms with Crippen molar-refractivity contribution in [2.45, 2.75) is 11.8 Å². The largest absolute Gasteiger partial charge is 0.496 e. The van der Waals surface area contributed by atoms with Crippen LogP contribution in [0, 0.1) is 6.92 Å². The average molecular weight is 362 g/mol. The summed E-state index contributed by atoms with van der Waals surface area (Å²) in [5.41, 5.74) is 0.694. The van der Waals surface area contributed by atoms with Crippen molar-refractivity contribution in [1.29, 1.82) is 0 Å². The van der Waals surface area contributed by atoms with Crippen molar-refractivity contribution in [3.05, 3.63) is 36.4 Å². The second-order valence-electron chi connectivity index (χ2n) is 4.94. The predicted octanol–water partition coefficient (Wildman–Crippen LogP) is 0.730. The first-order valence-corrected chi connectivity index (χ1v) is 10.2. The summed E-state index contributed by atoms with van der Waals surface area (Å²) >= 11 is 0. The van der Waals surface area contributed by atoms with Crippen molar-refractivity contribution < 1.29 is 21.6 Å². The molecule has 1 aromatic carbocycles. The van der Waals surface area contributed by atoms with E-state index in [0.717, 1.165) is 10.6 Å². The number of ether oxygens (including phenoxy) is 1. The van der Waals surface area contributed by atoms with Crippen molar-refractivity contribution in [1.82, 2.24) is 9.03 Å². The van der Waals surface area contributed by atoms with Gasteiger partial charge in [-0.3, -0.25) is 0 Å². The van der Waals surface area contributed by atoms with Gasteiger partial charge in [-0.1, -0.05) is 6.08 Å². The molecule has 9 heteroatoms. The van der Waals surface area contributed by atoms with E-state index in [1.54, 1.807) is 13.0 Å². The van der Waals surface area contributed by atoms with Gasteiger partial charge in [-0.25, -0.2) is 21.6 Å². The summed E-state index contributed by atoms with van der Waals surface area (Å²) in [7, 11) is -5.62. The maximum Gasteiger partial charge on any atom is 0.240 e. The maximum atomic E-state index is 12.2. The number of aryl methyl sites for hydroxylation is 1. The first kappa shape index (κ1) is 19.6. The van der Waals surface area contributed by atoms with E-state index < -0.39 is 20.0 Å². The lowest BCUT2D eigenvalue weighted by Crippen LogP contribution is -2.38. The van der Waals surface area contributed by atoms with Gasteiger partial charge in [0.2, 0.25) is 20.0 Å². The molecule has 1 rings (SSSR count). The molecule has 0 aliphatic rings. The van der Waals surface area contributed by atoms with E-state index in [-0.39, 0.29) is 24.5 Å². The molecule has 0 aromatic heterocycles. The maximum absolute atomic E-state index is 12.2. The molecule has 7 nitrogen and oxygen atoms in total. The molecule has 23 heavy (non-hydrogen) atoms. The first-order valence-electron chi connectivity index (χ1n) is 6.82. The summed E-state index contributed by atoms with van der Waals surface area (Å²) in [4.78, 5) is 0.102. The monoisotopic (exact) mass is 362 g/mol. The number of hydrogen-bond acceptors (Lipinski definition) is 5. The predicted molar refractivity (Wildman–Crippen MR) is 89.5 cm³/mol. The van der Waals surface area contributed by atoms with Crippen LogP contribution < -0.4 is 9.46 Å². The Hall–Kier alpha value is -1.42. The van der Waals surface area contributed by atoms with Crippen molar-refractivity contribution in [2.75, 3.05) is 33.0 Å². The summed E-state index contributed by atoms with van der Waals surface area (Å²) in [6.07, 6.45) is 2.51. The molecule has 0 aliphatic heterocycles. The molecule has 0 aliphatic carbocycles. The highest BCUT2D eigenvalue weighted by atomic mass is 32.2. The minimum atomic E-state index is -3.72. The Bertz CT molecular complexity index is 757. The number of sulfonamides is 2. The fourth-order valence-corrected chi connectivity index (χ4v) is 3.85. The second-order valence-corrected chi connectivity index (χ2v) is 8.69. The van der Waals surface area contributed by atoms with Crippen LogP contribution in [0.1, 0.15) is 5.56 Å². The molecule has 0 fully saturated rings. The molecule has 0 radical (unpaired) electrons. The highest BCUT2D eigenvalue weighted by Crippen LogP contribution is 2.21. The van der Waals surface area contributed by atoms with Crippen molar-refractivity contribution >= 4 is 20.0 Å². The lowest BCUT2D eigenvalue weighted by atomic mass is 10.2. The second kappa shape index (κ2) is 7.91. The lowest BCUT2D eigenvalue weighted by Gasteiger charge is -2.18. The summed E-state index contributed by atoms with van der Waals surface area (Å²) in [6.45, 7) is 5.35. The quantitative estimate of drug-likeness (QED) is 0.654. The normalized spacial score (nSPS) is 12.3. The molecule has 0 amide bonds. The molecule has 130 valence electrons. The Balaban J connectivity index is 2.79. The van der Waals surface area contributed by atoms with Crippen LogP contribution in [0.4, 0.5) is 0 Å². The highest BCUT2D eigenvalue weighted by Gasteiger charge is 2.18. The number of nitrogens with one attached hydrogen (secondary N) is 1. The van der Waals surface area contributed by atoms with Gasteiger partial charge in [-0.15, -0.1) is 6.58 Å². The van der Waals surface area contributed by atoms with Crippen LogP contribution in [-0.2, 0) is 20.0 Å². The van der Waals surface area contributed by atoms with E-state index in [4.69, 9.17) is 4.74 Å². The molecule has 0 unspecified atom stereocenters. The average Bonchev–Trinajstić information content (AvgIpc) is 2.45. The van der Waals surface area contributed by atoms with Crippen LogP contribution >= 0.6 is 0 Å². The zero-order valence-electron chi connectivity index (χ0n) is 13.4. The number of hydrogen-bond donors (Lipinski definition) is 1. The molecule has 0 bridgehead atoms. The summed E-state index contributed by atoms with van der Waals surface area (Å²) in [5.74, 6) is 0.596. The molecular formula is C14H22N2O5S2. The van der Waals surface area contributed by atoms with Crippen molar-refractivity contribution in [2.24, 2.45) is 0 Å². The van der Waals surface area contributed by atoms with Crippen LogP contribution in [0.3, 0.4) is 0 Å². The van der Waals surface area contributed by atoms with Gasteiger partial charge in [0.05, 0.1) is 18.3 Å². The van der Waals surface area contributed by atoms with Gasteiger partial charge in [0.15, 0.2) is 0 Å². The Morgan fingerprint density at radius 3 is 2.43 bits per heavy atom. The molecular weight excluding hydrogens is 340 g/mol. The van der Waals surface area contributed by atoms with Gasteiger partial charge in [0.25, 0.3) is 0 Å². The Kier molecular flexibility index (Phi) is 6.75. The minimum absolute atomic E-state index is 0.0270. The molecule has 1 aromatic rings. The number of rotatable bonds is 9. The first-order chi connectivity index (χ1) is 10.6. The molecule has 0 spiro atoms. The lowest BCUT2D eigenvalue weighted by molar-refractivity contribution is 0.411. The molecule has 0 saturated carbocycles. The summed E-state index contributed by atoms with van der Waals surface area (Å²) < 4.78 is 56.2. The van der Waals surface area contributed by atoms with Crippen molar-refractivity contribution in [3.8, 4) is 5.75 Å². The van der Waals surface area contributed by atoms with Gasteiger partial charge in [-0.05, 0) is 30.7 Å². The number of nitrogens with zero attached hydrogens (tertiary/aromatic N) is 1. The third-order valence-corrected chi connectivity index (χ3v) is 5.86. The fraction of sp³-hybridized carbons (Fsp3) is 0.429. The number of benzene rings is 1. The Morgan fingerprint density at radius 1 is 1.30 bits per heavy atom. The zero-order valence-corrected chi connectivity index (χ0v) is 15.1. The summed E-state index contributed by atoms with van der Waals surface area (Å²) in [5, 5.41) is 0. The standard InChI is InChI=1S/C14H22N2O5S2/c1-5-9-16(22(4,17)18)10-8-15-23(19,20)13-6-7-14(21-3)12(2)11-13/h5-7,11,15H,1,8-10H2,2-4H3. The smallest absolute Gasteiger partial charge is 0.240 e. The van der Waals surface area contributed by atoms with E-state index in [0.29, 0.717) is 11.3 Å². The van der Waals surface area contributed by atoms with Crippen LogP contribution in [0.5, 0.6) is 5.75 Å². The zero-order chi connectivity index (χ0) is 17.7. The van der Waals surface area contributed by atoms with Gasteiger partial charge in [0, 0.05) is 19.6 Å². The Morgan fingerprint density at radius 2 is 1.96 bits per heavy atom.